The zero-order valence-corrected chi connectivity index (χ0v) is 10.2. The lowest BCUT2D eigenvalue weighted by atomic mass is 10.1. The standard InChI is InChI=1S/C11H18N2O5/c1-2-6-5-8(6)13-11(18)12-7(10(16)17)3-4-9(14)15/h6-8H,2-5H2,1H3,(H,14,15)(H,16,17)(H2,12,13,18). The van der Waals surface area contributed by atoms with Crippen LogP contribution in [0.3, 0.4) is 0 Å². The van der Waals surface area contributed by atoms with Crippen molar-refractivity contribution in [2.75, 3.05) is 0 Å². The van der Waals surface area contributed by atoms with E-state index in [1.165, 1.54) is 0 Å². The van der Waals surface area contributed by atoms with Crippen molar-refractivity contribution in [2.24, 2.45) is 5.92 Å². The fourth-order valence-corrected chi connectivity index (χ4v) is 1.77. The molecule has 2 amide bonds. The van der Waals surface area contributed by atoms with Crippen LogP contribution in [0.4, 0.5) is 4.79 Å². The normalized spacial score (nSPS) is 22.9. The monoisotopic (exact) mass is 258 g/mol. The minimum absolute atomic E-state index is 0.115. The molecule has 0 heterocycles. The van der Waals surface area contributed by atoms with Gasteiger partial charge < -0.3 is 20.8 Å². The number of hydrogen-bond acceptors (Lipinski definition) is 3. The van der Waals surface area contributed by atoms with Gasteiger partial charge in [-0.15, -0.1) is 0 Å². The van der Waals surface area contributed by atoms with Crippen LogP contribution in [0, 0.1) is 5.92 Å². The van der Waals surface area contributed by atoms with Gasteiger partial charge in [0.1, 0.15) is 6.04 Å². The van der Waals surface area contributed by atoms with E-state index in [2.05, 4.69) is 10.6 Å². The molecular weight excluding hydrogens is 240 g/mol. The number of carboxylic acids is 2. The summed E-state index contributed by atoms with van der Waals surface area (Å²) < 4.78 is 0. The number of carbonyl (C=O) groups is 3. The van der Waals surface area contributed by atoms with Crippen molar-refractivity contribution < 1.29 is 24.6 Å². The van der Waals surface area contributed by atoms with Crippen molar-refractivity contribution in [3.8, 4) is 0 Å². The van der Waals surface area contributed by atoms with E-state index >= 15 is 0 Å². The Morgan fingerprint density at radius 2 is 2.00 bits per heavy atom. The van der Waals surface area contributed by atoms with Gasteiger partial charge in [0.25, 0.3) is 0 Å². The molecule has 1 fully saturated rings. The van der Waals surface area contributed by atoms with Crippen LogP contribution in [0.5, 0.6) is 0 Å². The van der Waals surface area contributed by atoms with Crippen LogP contribution in [-0.2, 0) is 9.59 Å². The molecule has 3 atom stereocenters. The van der Waals surface area contributed by atoms with E-state index in [0.29, 0.717) is 5.92 Å². The molecule has 0 bridgehead atoms. The van der Waals surface area contributed by atoms with Gasteiger partial charge in [-0.05, 0) is 18.8 Å². The quantitative estimate of drug-likeness (QED) is 0.527. The Hall–Kier alpha value is -1.79. The lowest BCUT2D eigenvalue weighted by Crippen LogP contribution is -2.47. The second-order valence-electron chi connectivity index (χ2n) is 4.45. The van der Waals surface area contributed by atoms with Gasteiger partial charge in [0, 0.05) is 12.5 Å². The molecule has 0 aromatic carbocycles. The number of carboxylic acid groups (broad SMARTS) is 2. The summed E-state index contributed by atoms with van der Waals surface area (Å²) in [7, 11) is 0. The van der Waals surface area contributed by atoms with Crippen molar-refractivity contribution in [1.29, 1.82) is 0 Å². The second-order valence-corrected chi connectivity index (χ2v) is 4.45. The predicted octanol–water partition coefficient (Wildman–Crippen LogP) is 0.402. The Morgan fingerprint density at radius 1 is 1.33 bits per heavy atom. The van der Waals surface area contributed by atoms with Crippen molar-refractivity contribution in [2.45, 2.75) is 44.7 Å². The number of hydrogen-bond donors (Lipinski definition) is 4. The van der Waals surface area contributed by atoms with Gasteiger partial charge in [-0.3, -0.25) is 4.79 Å². The van der Waals surface area contributed by atoms with Crippen LogP contribution in [-0.4, -0.2) is 40.3 Å². The highest BCUT2D eigenvalue weighted by Crippen LogP contribution is 2.32. The first-order chi connectivity index (χ1) is 8.43. The van der Waals surface area contributed by atoms with Crippen LogP contribution >= 0.6 is 0 Å². The lowest BCUT2D eigenvalue weighted by molar-refractivity contribution is -0.140. The number of rotatable bonds is 7. The Balaban J connectivity index is 2.33. The molecule has 102 valence electrons. The van der Waals surface area contributed by atoms with Crippen molar-refractivity contribution in [3.63, 3.8) is 0 Å². The smallest absolute Gasteiger partial charge is 0.326 e. The third-order valence-electron chi connectivity index (χ3n) is 3.01. The van der Waals surface area contributed by atoms with E-state index in [1.54, 1.807) is 0 Å². The maximum Gasteiger partial charge on any atom is 0.326 e. The van der Waals surface area contributed by atoms with Gasteiger partial charge in [0.2, 0.25) is 0 Å². The fourth-order valence-electron chi connectivity index (χ4n) is 1.77. The molecule has 0 spiro atoms. The van der Waals surface area contributed by atoms with Crippen molar-refractivity contribution in [3.05, 3.63) is 0 Å². The van der Waals surface area contributed by atoms with Crippen LogP contribution < -0.4 is 10.6 Å². The number of amides is 2. The maximum absolute atomic E-state index is 11.5. The predicted molar refractivity (Wildman–Crippen MR) is 62.1 cm³/mol. The van der Waals surface area contributed by atoms with E-state index in [-0.39, 0.29) is 18.9 Å². The zero-order valence-electron chi connectivity index (χ0n) is 10.2. The molecule has 1 rings (SSSR count). The van der Waals surface area contributed by atoms with E-state index in [1.807, 2.05) is 6.92 Å². The first kappa shape index (κ1) is 14.3. The first-order valence-corrected chi connectivity index (χ1v) is 5.95. The minimum Gasteiger partial charge on any atom is -0.481 e. The van der Waals surface area contributed by atoms with Crippen LogP contribution in [0.1, 0.15) is 32.6 Å². The van der Waals surface area contributed by atoms with Gasteiger partial charge in [-0.1, -0.05) is 13.3 Å². The number of carbonyl (C=O) groups excluding carboxylic acids is 1. The third kappa shape index (κ3) is 4.60. The Kier molecular flexibility index (Phi) is 4.94. The summed E-state index contributed by atoms with van der Waals surface area (Å²) in [6, 6.07) is -1.60. The molecule has 0 aromatic heterocycles. The summed E-state index contributed by atoms with van der Waals surface area (Å²) in [6.07, 6.45) is 1.47. The lowest BCUT2D eigenvalue weighted by Gasteiger charge is -2.14. The van der Waals surface area contributed by atoms with Crippen LogP contribution in [0.25, 0.3) is 0 Å². The zero-order chi connectivity index (χ0) is 13.7. The first-order valence-electron chi connectivity index (χ1n) is 5.95. The molecule has 0 aliphatic heterocycles. The molecule has 0 radical (unpaired) electrons. The molecule has 4 N–H and O–H groups in total. The van der Waals surface area contributed by atoms with E-state index in [9.17, 15) is 14.4 Å². The van der Waals surface area contributed by atoms with E-state index < -0.39 is 24.0 Å². The van der Waals surface area contributed by atoms with E-state index in [4.69, 9.17) is 10.2 Å². The second kappa shape index (κ2) is 6.23. The molecule has 1 saturated carbocycles. The summed E-state index contributed by atoms with van der Waals surface area (Å²) in [5.74, 6) is -1.84. The number of aliphatic carboxylic acids is 2. The molecular formula is C11H18N2O5. The van der Waals surface area contributed by atoms with Gasteiger partial charge >= 0.3 is 18.0 Å². The average molecular weight is 258 g/mol. The summed E-state index contributed by atoms with van der Waals surface area (Å²) in [5, 5.41) is 22.3. The minimum atomic E-state index is -1.23. The van der Waals surface area contributed by atoms with Crippen molar-refractivity contribution in [1.82, 2.24) is 10.6 Å². The highest BCUT2D eigenvalue weighted by atomic mass is 16.4. The Morgan fingerprint density at radius 3 is 2.44 bits per heavy atom. The summed E-state index contributed by atoms with van der Waals surface area (Å²) in [6.45, 7) is 2.02. The van der Waals surface area contributed by atoms with Gasteiger partial charge in [0.05, 0.1) is 0 Å². The number of nitrogens with one attached hydrogen (secondary N) is 2. The maximum atomic E-state index is 11.5. The molecule has 18 heavy (non-hydrogen) atoms. The van der Waals surface area contributed by atoms with Crippen molar-refractivity contribution >= 4 is 18.0 Å². The summed E-state index contributed by atoms with van der Waals surface area (Å²) in [5.41, 5.74) is 0. The van der Waals surface area contributed by atoms with Crippen LogP contribution in [0.15, 0.2) is 0 Å². The highest BCUT2D eigenvalue weighted by molar-refractivity contribution is 5.83. The van der Waals surface area contributed by atoms with Gasteiger partial charge in [-0.25, -0.2) is 9.59 Å². The molecule has 1 aliphatic carbocycles. The molecule has 0 aromatic rings. The molecule has 7 nitrogen and oxygen atoms in total. The Bertz CT molecular complexity index is 344. The molecule has 0 saturated heterocycles. The molecule has 1 aliphatic rings. The number of urea groups is 1. The largest absolute Gasteiger partial charge is 0.481 e. The topological polar surface area (TPSA) is 116 Å². The van der Waals surface area contributed by atoms with Crippen LogP contribution in [0.2, 0.25) is 0 Å². The van der Waals surface area contributed by atoms with E-state index in [0.717, 1.165) is 12.8 Å². The Labute approximate surface area is 105 Å². The molecule has 7 heteroatoms. The van der Waals surface area contributed by atoms with Gasteiger partial charge in [-0.2, -0.15) is 0 Å². The highest BCUT2D eigenvalue weighted by Gasteiger charge is 2.37. The SMILES string of the molecule is CCC1CC1NC(=O)NC(CCC(=O)O)C(=O)O. The fraction of sp³-hybridized carbons (Fsp3) is 0.727. The summed E-state index contributed by atoms with van der Waals surface area (Å²) >= 11 is 0. The molecule has 3 unspecified atom stereocenters. The third-order valence-corrected chi connectivity index (χ3v) is 3.01. The van der Waals surface area contributed by atoms with Gasteiger partial charge in [0.15, 0.2) is 0 Å². The summed E-state index contributed by atoms with van der Waals surface area (Å²) in [4.78, 5) is 32.7. The average Bonchev–Trinajstić information content (AvgIpc) is 3.01.